The molecule has 51 heavy (non-hydrogen) atoms. The second-order valence-electron chi connectivity index (χ2n) is 17.5. The maximum atomic E-state index is 13.7. The highest BCUT2D eigenvalue weighted by Gasteiger charge is 2.67. The van der Waals surface area contributed by atoms with Crippen LogP contribution < -0.4 is 4.74 Å². The van der Waals surface area contributed by atoms with Gasteiger partial charge in [-0.05, 0) is 88.5 Å². The molecule has 0 N–H and O–H groups in total. The molecule has 3 aliphatic heterocycles. The van der Waals surface area contributed by atoms with Gasteiger partial charge in [0, 0.05) is 55.0 Å². The van der Waals surface area contributed by atoms with Gasteiger partial charge in [-0.15, -0.1) is 0 Å². The van der Waals surface area contributed by atoms with E-state index >= 15 is 0 Å². The highest BCUT2D eigenvalue weighted by Crippen LogP contribution is 2.59. The van der Waals surface area contributed by atoms with Crippen LogP contribution in [0, 0.1) is 47.0 Å². The number of amides is 2. The van der Waals surface area contributed by atoms with Crippen LogP contribution in [0.3, 0.4) is 0 Å². The quantitative estimate of drug-likeness (QED) is 0.238. The first-order chi connectivity index (χ1) is 24.0. The molecule has 270 valence electrons. The van der Waals surface area contributed by atoms with Gasteiger partial charge in [-0.2, -0.15) is 0 Å². The number of hydrogen-bond acceptors (Lipinski definition) is 6. The zero-order valence-electron chi connectivity index (χ0n) is 31.0. The van der Waals surface area contributed by atoms with Gasteiger partial charge in [-0.25, -0.2) is 14.6 Å². The van der Waals surface area contributed by atoms with E-state index in [2.05, 4.69) is 49.3 Å². The van der Waals surface area contributed by atoms with Crippen molar-refractivity contribution in [3.05, 3.63) is 63.7 Å². The van der Waals surface area contributed by atoms with Gasteiger partial charge in [-0.1, -0.05) is 51.3 Å². The van der Waals surface area contributed by atoms with Gasteiger partial charge in [0.25, 0.3) is 5.91 Å². The van der Waals surface area contributed by atoms with Crippen molar-refractivity contribution in [3.8, 4) is 17.6 Å². The molecule has 2 atom stereocenters. The Bertz CT molecular complexity index is 1800. The summed E-state index contributed by atoms with van der Waals surface area (Å²) in [5, 5.41) is 0.372. The van der Waals surface area contributed by atoms with Gasteiger partial charge in [-0.3, -0.25) is 9.69 Å². The summed E-state index contributed by atoms with van der Waals surface area (Å²) < 4.78 is 12.1. The van der Waals surface area contributed by atoms with E-state index in [0.29, 0.717) is 52.4 Å². The molecular formula is C41H50ClN5O4. The van der Waals surface area contributed by atoms with E-state index in [1.807, 2.05) is 42.7 Å². The number of carbonyl (C=O) groups is 2. The summed E-state index contributed by atoms with van der Waals surface area (Å²) in [6.07, 6.45) is 4.11. The molecule has 2 amide bonds. The lowest BCUT2D eigenvalue weighted by atomic mass is 9.49. The Balaban J connectivity index is 0.925. The molecule has 9 nitrogen and oxygen atoms in total. The molecule has 1 aromatic heterocycles. The maximum Gasteiger partial charge on any atom is 0.410 e. The van der Waals surface area contributed by atoms with E-state index in [4.69, 9.17) is 32.6 Å². The van der Waals surface area contributed by atoms with Crippen molar-refractivity contribution >= 4 is 29.3 Å². The smallest absolute Gasteiger partial charge is 0.410 e. The molecule has 0 spiro atoms. The molecule has 0 radical (unpaired) electrons. The molecule has 0 bridgehead atoms. The molecule has 1 aromatic carbocycles. The monoisotopic (exact) mass is 711 g/mol. The zero-order valence-corrected chi connectivity index (χ0v) is 31.7. The van der Waals surface area contributed by atoms with Crippen molar-refractivity contribution in [1.29, 1.82) is 0 Å². The predicted molar refractivity (Wildman–Crippen MR) is 197 cm³/mol. The lowest BCUT2D eigenvalue weighted by Gasteiger charge is -2.65. The molecule has 4 fully saturated rings. The first-order valence-electron chi connectivity index (χ1n) is 18.4. The molecule has 5 aliphatic rings. The molecular weight excluding hydrogens is 662 g/mol. The number of likely N-dealkylation sites (tertiary alicyclic amines) is 2. The number of hydrogen-bond donors (Lipinski definition) is 0. The molecule has 2 aliphatic carbocycles. The summed E-state index contributed by atoms with van der Waals surface area (Å²) >= 11 is 6.29. The molecule has 2 unspecified atom stereocenters. The number of halogens is 1. The summed E-state index contributed by atoms with van der Waals surface area (Å²) in [6.45, 7) is 25.8. The molecule has 7 rings (SSSR count). The van der Waals surface area contributed by atoms with Gasteiger partial charge in [0.05, 0.1) is 29.4 Å². The van der Waals surface area contributed by atoms with Gasteiger partial charge in [0.1, 0.15) is 23.1 Å². The third-order valence-corrected chi connectivity index (χ3v) is 12.2. The van der Waals surface area contributed by atoms with E-state index in [0.717, 1.165) is 63.3 Å². The van der Waals surface area contributed by atoms with Gasteiger partial charge in [0.2, 0.25) is 5.69 Å². The highest BCUT2D eigenvalue weighted by atomic mass is 35.5. The molecule has 2 saturated carbocycles. The van der Waals surface area contributed by atoms with Crippen LogP contribution in [0.2, 0.25) is 5.02 Å². The van der Waals surface area contributed by atoms with Crippen LogP contribution in [0.15, 0.2) is 30.3 Å². The van der Waals surface area contributed by atoms with Gasteiger partial charge >= 0.3 is 6.09 Å². The number of pyridine rings is 1. The third kappa shape index (κ3) is 6.69. The fourth-order valence-corrected chi connectivity index (χ4v) is 10.3. The number of ether oxygens (including phenoxy) is 2. The second-order valence-corrected chi connectivity index (χ2v) is 17.9. The number of aromatic nitrogens is 1. The van der Waals surface area contributed by atoms with Crippen LogP contribution in [-0.2, 0) is 11.3 Å². The third-order valence-electron chi connectivity index (χ3n) is 11.9. The summed E-state index contributed by atoms with van der Waals surface area (Å²) in [5.74, 6) is 8.93. The number of rotatable bonds is 4. The average molecular weight is 712 g/mol. The largest absolute Gasteiger partial charge is 0.489 e. The number of fused-ring (bicyclic) bond motifs is 2. The van der Waals surface area contributed by atoms with Crippen LogP contribution >= 0.6 is 11.6 Å². The first kappa shape index (κ1) is 35.6. The Morgan fingerprint density at radius 2 is 1.67 bits per heavy atom. The zero-order chi connectivity index (χ0) is 36.5. The van der Waals surface area contributed by atoms with Crippen molar-refractivity contribution in [2.45, 2.75) is 104 Å². The second kappa shape index (κ2) is 13.0. The fraction of sp³-hybridized carbons (Fsp3) is 0.610. The standard InChI is InChI=1S/C41H50ClN5O4/c1-39(2,3)51-38(49)46-22-26-20-45(21-27(26)23-46)29-14-10-25(11-15-29)9-12-28-13-17-31-34(44-28)24-47(35(31)48)36-40(4,5)37(41(36,6)7)50-30-16-18-33(43-8)32(42)19-30/h13,16-19,25-27,29,36-37H,10-11,14-15,20-24H2,1-7H3. The van der Waals surface area contributed by atoms with Crippen LogP contribution in [0.4, 0.5) is 10.5 Å². The van der Waals surface area contributed by atoms with E-state index in [1.165, 1.54) is 0 Å². The Morgan fingerprint density at radius 1 is 1.00 bits per heavy atom. The van der Waals surface area contributed by atoms with Crippen molar-refractivity contribution in [1.82, 2.24) is 19.7 Å². The number of nitrogens with zero attached hydrogens (tertiary/aromatic N) is 5. The topological polar surface area (TPSA) is 79.6 Å². The Morgan fingerprint density at radius 3 is 2.27 bits per heavy atom. The van der Waals surface area contributed by atoms with Crippen LogP contribution in [0.25, 0.3) is 4.85 Å². The minimum absolute atomic E-state index is 0.00740. The lowest BCUT2D eigenvalue weighted by molar-refractivity contribution is -0.199. The van der Waals surface area contributed by atoms with Crippen LogP contribution in [0.5, 0.6) is 5.75 Å². The normalized spacial score (nSPS) is 29.4. The summed E-state index contributed by atoms with van der Waals surface area (Å²) in [4.78, 5) is 41.2. The fourth-order valence-electron chi connectivity index (χ4n) is 10.0. The highest BCUT2D eigenvalue weighted by molar-refractivity contribution is 6.33. The molecule has 4 heterocycles. The Hall–Kier alpha value is -3.79. The minimum atomic E-state index is -0.461. The maximum absolute atomic E-state index is 13.7. The molecule has 2 saturated heterocycles. The van der Waals surface area contributed by atoms with Crippen molar-refractivity contribution in [2.75, 3.05) is 26.2 Å². The van der Waals surface area contributed by atoms with E-state index in [1.54, 1.807) is 18.2 Å². The van der Waals surface area contributed by atoms with Crippen LogP contribution in [-0.4, -0.2) is 81.7 Å². The van der Waals surface area contributed by atoms with Crippen molar-refractivity contribution in [2.24, 2.45) is 28.6 Å². The van der Waals surface area contributed by atoms with Gasteiger partial charge < -0.3 is 19.3 Å². The van der Waals surface area contributed by atoms with E-state index in [-0.39, 0.29) is 35.0 Å². The molecule has 2 aromatic rings. The molecule has 10 heteroatoms. The Kier molecular flexibility index (Phi) is 9.08. The van der Waals surface area contributed by atoms with Crippen molar-refractivity contribution < 1.29 is 19.1 Å². The summed E-state index contributed by atoms with van der Waals surface area (Å²) in [7, 11) is 0. The SMILES string of the molecule is [C-]#[N+]c1ccc(OC2C(C)(C)C(N3Cc4nc(C#CC5CCC(N6CC7CN(C(=O)OC(C)(C)C)CC7C6)CC5)ccc4C3=O)C2(C)C)cc1Cl. The van der Waals surface area contributed by atoms with Gasteiger partial charge in [0.15, 0.2) is 0 Å². The van der Waals surface area contributed by atoms with Crippen molar-refractivity contribution in [3.63, 3.8) is 0 Å². The van der Waals surface area contributed by atoms with E-state index in [9.17, 15) is 9.59 Å². The summed E-state index contributed by atoms with van der Waals surface area (Å²) in [5.41, 5.74) is 1.44. The number of carbonyl (C=O) groups excluding carboxylic acids is 2. The lowest BCUT2D eigenvalue weighted by Crippen LogP contribution is -2.74. The van der Waals surface area contributed by atoms with E-state index < -0.39 is 5.60 Å². The predicted octanol–water partition coefficient (Wildman–Crippen LogP) is 7.83. The summed E-state index contributed by atoms with van der Waals surface area (Å²) in [6, 6.07) is 9.49. The average Bonchev–Trinajstić information content (AvgIpc) is 3.74. The Labute approximate surface area is 307 Å². The number of benzene rings is 1. The first-order valence-corrected chi connectivity index (χ1v) is 18.8. The van der Waals surface area contributed by atoms with Crippen LogP contribution in [0.1, 0.15) is 95.9 Å². The minimum Gasteiger partial charge on any atom is -0.489 e.